The molecule has 0 aliphatic rings. The number of aromatic nitrogens is 1. The minimum absolute atomic E-state index is 0.0630. The van der Waals surface area contributed by atoms with Crippen molar-refractivity contribution in [1.82, 2.24) is 10.3 Å². The zero-order valence-corrected chi connectivity index (χ0v) is 11.1. The summed E-state index contributed by atoms with van der Waals surface area (Å²) in [6.07, 6.45) is 2.99. The van der Waals surface area contributed by atoms with E-state index in [1.807, 2.05) is 32.0 Å². The summed E-state index contributed by atoms with van der Waals surface area (Å²) in [6.45, 7) is 5.08. The molecule has 0 aliphatic carbocycles. The molecule has 0 atom stereocenters. The van der Waals surface area contributed by atoms with Crippen molar-refractivity contribution in [1.29, 1.82) is 0 Å². The summed E-state index contributed by atoms with van der Waals surface area (Å²) < 4.78 is 4.91. The lowest BCUT2D eigenvalue weighted by atomic mass is 10.1. The molecule has 2 N–H and O–H groups in total. The summed E-state index contributed by atoms with van der Waals surface area (Å²) in [4.78, 5) is 15.8. The predicted molar refractivity (Wildman–Crippen MR) is 73.0 cm³/mol. The molecule has 0 saturated heterocycles. The number of carbonyl (C=O) groups is 1. The number of hydrogen-bond donors (Lipinski definition) is 2. The number of aryl methyl sites for hydroxylation is 1. The van der Waals surface area contributed by atoms with Crippen LogP contribution >= 0.6 is 0 Å². The Morgan fingerprint density at radius 3 is 2.95 bits per heavy atom. The average Bonchev–Trinajstić information content (AvgIpc) is 2.91. The van der Waals surface area contributed by atoms with Crippen LogP contribution in [0.1, 0.15) is 28.5 Å². The summed E-state index contributed by atoms with van der Waals surface area (Å²) in [5, 5.41) is 6.03. The number of nitrogens with one attached hydrogen (secondary N) is 2. The molecule has 19 heavy (non-hydrogen) atoms. The molecule has 1 amide bonds. The van der Waals surface area contributed by atoms with Crippen molar-refractivity contribution in [3.8, 4) is 0 Å². The number of benzene rings is 1. The van der Waals surface area contributed by atoms with Crippen LogP contribution in [0.25, 0.3) is 0 Å². The van der Waals surface area contributed by atoms with E-state index in [0.29, 0.717) is 18.7 Å². The molecule has 5 heteroatoms. The maximum absolute atomic E-state index is 11.8. The average molecular weight is 259 g/mol. The molecule has 0 bridgehead atoms. The quantitative estimate of drug-likeness (QED) is 0.865. The lowest BCUT2D eigenvalue weighted by molar-refractivity contribution is 0.0956. The first kappa shape index (κ1) is 13.1. The van der Waals surface area contributed by atoms with E-state index < -0.39 is 0 Å². The lowest BCUT2D eigenvalue weighted by Gasteiger charge is -2.10. The molecule has 100 valence electrons. The van der Waals surface area contributed by atoms with Gasteiger partial charge in [-0.15, -0.1) is 0 Å². The molecule has 2 rings (SSSR count). The van der Waals surface area contributed by atoms with Crippen LogP contribution in [0.5, 0.6) is 0 Å². The Hall–Kier alpha value is -2.30. The van der Waals surface area contributed by atoms with Gasteiger partial charge < -0.3 is 15.1 Å². The third kappa shape index (κ3) is 3.34. The van der Waals surface area contributed by atoms with Crippen molar-refractivity contribution < 1.29 is 9.21 Å². The number of carbonyl (C=O) groups excluding carboxylic acids is 1. The highest BCUT2D eigenvalue weighted by atomic mass is 16.3. The fourth-order valence-corrected chi connectivity index (χ4v) is 1.73. The topological polar surface area (TPSA) is 67.2 Å². The minimum atomic E-state index is -0.0630. The van der Waals surface area contributed by atoms with Gasteiger partial charge in [0.05, 0.1) is 12.2 Å². The minimum Gasteiger partial charge on any atom is -0.451 e. The smallest absolute Gasteiger partial charge is 0.251 e. The maximum Gasteiger partial charge on any atom is 0.251 e. The van der Waals surface area contributed by atoms with E-state index in [4.69, 9.17) is 4.42 Å². The second kappa shape index (κ2) is 6.04. The Labute approximate surface area is 112 Å². The van der Waals surface area contributed by atoms with E-state index >= 15 is 0 Å². The number of nitrogens with zero attached hydrogens (tertiary/aromatic N) is 1. The molecule has 0 unspecified atom stereocenters. The Morgan fingerprint density at radius 2 is 2.26 bits per heavy atom. The van der Waals surface area contributed by atoms with Crippen LogP contribution in [0.3, 0.4) is 0 Å². The Balaban J connectivity index is 2.10. The van der Waals surface area contributed by atoms with Crippen LogP contribution in [-0.4, -0.2) is 17.4 Å². The summed E-state index contributed by atoms with van der Waals surface area (Å²) >= 11 is 0. The number of hydrogen-bond acceptors (Lipinski definition) is 4. The van der Waals surface area contributed by atoms with Gasteiger partial charge in [0.15, 0.2) is 6.39 Å². The zero-order valence-electron chi connectivity index (χ0n) is 11.1. The van der Waals surface area contributed by atoms with Gasteiger partial charge in [-0.2, -0.15) is 0 Å². The van der Waals surface area contributed by atoms with E-state index in [9.17, 15) is 4.79 Å². The highest BCUT2D eigenvalue weighted by Crippen LogP contribution is 2.17. The van der Waals surface area contributed by atoms with Gasteiger partial charge in [0, 0.05) is 17.8 Å². The molecule has 1 aromatic carbocycles. The van der Waals surface area contributed by atoms with Gasteiger partial charge in [0.1, 0.15) is 6.26 Å². The first-order chi connectivity index (χ1) is 9.20. The number of amides is 1. The number of oxazole rings is 1. The van der Waals surface area contributed by atoms with Gasteiger partial charge in [-0.05, 0) is 31.5 Å². The standard InChI is InChI=1S/C14H17N3O2/c1-3-15-14(18)11-5-4-10(2)13(6-11)16-7-12-8-19-9-17-12/h4-6,8-9,16H,3,7H2,1-2H3,(H,15,18). The van der Waals surface area contributed by atoms with Crippen LogP contribution in [0.15, 0.2) is 35.3 Å². The second-order valence-electron chi connectivity index (χ2n) is 4.22. The number of anilines is 1. The van der Waals surface area contributed by atoms with Gasteiger partial charge in [-0.1, -0.05) is 6.07 Å². The van der Waals surface area contributed by atoms with E-state index in [1.165, 1.54) is 6.39 Å². The first-order valence-corrected chi connectivity index (χ1v) is 6.20. The van der Waals surface area contributed by atoms with Crippen molar-refractivity contribution in [2.24, 2.45) is 0 Å². The van der Waals surface area contributed by atoms with Crippen molar-refractivity contribution in [2.75, 3.05) is 11.9 Å². The summed E-state index contributed by atoms with van der Waals surface area (Å²) in [6, 6.07) is 5.59. The first-order valence-electron chi connectivity index (χ1n) is 6.20. The highest BCUT2D eigenvalue weighted by Gasteiger charge is 2.07. The van der Waals surface area contributed by atoms with Gasteiger partial charge in [-0.25, -0.2) is 4.98 Å². The third-order valence-corrected chi connectivity index (χ3v) is 2.78. The molecule has 0 spiro atoms. The molecule has 5 nitrogen and oxygen atoms in total. The van der Waals surface area contributed by atoms with E-state index in [1.54, 1.807) is 6.26 Å². The molecule has 1 aromatic heterocycles. The van der Waals surface area contributed by atoms with Crippen LogP contribution in [0.2, 0.25) is 0 Å². The second-order valence-corrected chi connectivity index (χ2v) is 4.22. The van der Waals surface area contributed by atoms with E-state index in [2.05, 4.69) is 15.6 Å². The zero-order chi connectivity index (χ0) is 13.7. The molecule has 0 fully saturated rings. The SMILES string of the molecule is CCNC(=O)c1ccc(C)c(NCc2cocn2)c1. The van der Waals surface area contributed by atoms with Gasteiger partial charge in [0.2, 0.25) is 0 Å². The third-order valence-electron chi connectivity index (χ3n) is 2.78. The van der Waals surface area contributed by atoms with Crippen LogP contribution in [-0.2, 0) is 6.54 Å². The summed E-state index contributed by atoms with van der Waals surface area (Å²) in [5.41, 5.74) is 3.47. The summed E-state index contributed by atoms with van der Waals surface area (Å²) in [7, 11) is 0. The van der Waals surface area contributed by atoms with Crippen molar-refractivity contribution in [3.05, 3.63) is 47.7 Å². The fourth-order valence-electron chi connectivity index (χ4n) is 1.73. The Morgan fingerprint density at radius 1 is 1.42 bits per heavy atom. The predicted octanol–water partition coefficient (Wildman–Crippen LogP) is 2.34. The van der Waals surface area contributed by atoms with E-state index in [0.717, 1.165) is 16.9 Å². The monoisotopic (exact) mass is 259 g/mol. The van der Waals surface area contributed by atoms with Crippen molar-refractivity contribution >= 4 is 11.6 Å². The molecule has 0 saturated carbocycles. The molecule has 0 radical (unpaired) electrons. The molecular weight excluding hydrogens is 242 g/mol. The normalized spacial score (nSPS) is 10.2. The maximum atomic E-state index is 11.8. The van der Waals surface area contributed by atoms with Gasteiger partial charge >= 0.3 is 0 Å². The molecular formula is C14H17N3O2. The lowest BCUT2D eigenvalue weighted by Crippen LogP contribution is -2.22. The van der Waals surface area contributed by atoms with E-state index in [-0.39, 0.29) is 5.91 Å². The van der Waals surface area contributed by atoms with Gasteiger partial charge in [-0.3, -0.25) is 4.79 Å². The number of rotatable bonds is 5. The van der Waals surface area contributed by atoms with Crippen LogP contribution < -0.4 is 10.6 Å². The Bertz CT molecular complexity index is 550. The van der Waals surface area contributed by atoms with Crippen LogP contribution in [0.4, 0.5) is 5.69 Å². The fraction of sp³-hybridized carbons (Fsp3) is 0.286. The van der Waals surface area contributed by atoms with Gasteiger partial charge in [0.25, 0.3) is 5.91 Å². The molecule has 1 heterocycles. The largest absolute Gasteiger partial charge is 0.451 e. The molecule has 2 aromatic rings. The summed E-state index contributed by atoms with van der Waals surface area (Å²) in [5.74, 6) is -0.0630. The van der Waals surface area contributed by atoms with Crippen molar-refractivity contribution in [2.45, 2.75) is 20.4 Å². The molecule has 0 aliphatic heterocycles. The van der Waals surface area contributed by atoms with Crippen LogP contribution in [0, 0.1) is 6.92 Å². The highest BCUT2D eigenvalue weighted by molar-refractivity contribution is 5.95. The Kier molecular flexibility index (Phi) is 4.18. The van der Waals surface area contributed by atoms with Crippen molar-refractivity contribution in [3.63, 3.8) is 0 Å².